The lowest BCUT2D eigenvalue weighted by Crippen LogP contribution is -2.46. The van der Waals surface area contributed by atoms with Crippen molar-refractivity contribution in [3.8, 4) is 0 Å². The van der Waals surface area contributed by atoms with E-state index in [1.807, 2.05) is 55.6 Å². The lowest BCUT2D eigenvalue weighted by Gasteiger charge is -2.37. The highest BCUT2D eigenvalue weighted by Gasteiger charge is 2.17. The summed E-state index contributed by atoms with van der Waals surface area (Å²) >= 11 is 0. The molecule has 1 aliphatic rings. The first-order valence-electron chi connectivity index (χ1n) is 10.0. The molecule has 2 aromatic carbocycles. The van der Waals surface area contributed by atoms with Crippen LogP contribution in [0.2, 0.25) is 0 Å². The van der Waals surface area contributed by atoms with Crippen molar-refractivity contribution in [2.45, 2.75) is 13.3 Å². The number of nitrogens with one attached hydrogen (secondary N) is 1. The average Bonchev–Trinajstić information content (AvgIpc) is 2.77. The van der Waals surface area contributed by atoms with Gasteiger partial charge in [-0.05, 0) is 42.3 Å². The topological polar surface area (TPSA) is 48.5 Å². The third-order valence-corrected chi connectivity index (χ3v) is 5.39. The standard InChI is InChI=1S/C24H26N4O/c1-19-7-5-6-8-20(19)17-24(29)26-23-12-11-22(18-25-23)28-15-13-27(14-16-28)21-9-3-2-4-10-21/h2-12,18H,13-17H2,1H3,(H,25,26,29). The van der Waals surface area contributed by atoms with E-state index in [0.29, 0.717) is 12.2 Å². The molecule has 5 nitrogen and oxygen atoms in total. The third kappa shape index (κ3) is 4.74. The fraction of sp³-hybridized carbons (Fsp3) is 0.250. The number of piperazine rings is 1. The number of carbonyl (C=O) groups excluding carboxylic acids is 1. The first-order valence-corrected chi connectivity index (χ1v) is 10.0. The summed E-state index contributed by atoms with van der Waals surface area (Å²) in [5.41, 5.74) is 4.53. The Morgan fingerprint density at radius 3 is 2.17 bits per heavy atom. The molecule has 0 radical (unpaired) electrons. The van der Waals surface area contributed by atoms with Gasteiger partial charge in [0.05, 0.1) is 18.3 Å². The zero-order chi connectivity index (χ0) is 20.1. The van der Waals surface area contributed by atoms with Crippen LogP contribution in [0.15, 0.2) is 72.9 Å². The quantitative estimate of drug-likeness (QED) is 0.723. The number of rotatable bonds is 5. The Morgan fingerprint density at radius 2 is 1.52 bits per heavy atom. The second-order valence-electron chi connectivity index (χ2n) is 7.36. The Kier molecular flexibility index (Phi) is 5.75. The van der Waals surface area contributed by atoms with E-state index in [0.717, 1.165) is 43.0 Å². The number of anilines is 3. The second-order valence-corrected chi connectivity index (χ2v) is 7.36. The molecular formula is C24H26N4O. The number of nitrogens with zero attached hydrogens (tertiary/aromatic N) is 3. The van der Waals surface area contributed by atoms with Crippen LogP contribution in [0, 0.1) is 6.92 Å². The number of hydrogen-bond donors (Lipinski definition) is 1. The first kappa shape index (κ1) is 19.0. The largest absolute Gasteiger partial charge is 0.368 e. The van der Waals surface area contributed by atoms with Gasteiger partial charge in [-0.2, -0.15) is 0 Å². The Labute approximate surface area is 172 Å². The van der Waals surface area contributed by atoms with E-state index in [1.54, 1.807) is 0 Å². The number of aryl methyl sites for hydroxylation is 1. The van der Waals surface area contributed by atoms with E-state index in [9.17, 15) is 4.79 Å². The van der Waals surface area contributed by atoms with Crippen molar-refractivity contribution in [3.63, 3.8) is 0 Å². The van der Waals surface area contributed by atoms with Crippen molar-refractivity contribution in [3.05, 3.63) is 84.1 Å². The number of pyridine rings is 1. The summed E-state index contributed by atoms with van der Waals surface area (Å²) in [5, 5.41) is 2.90. The van der Waals surface area contributed by atoms with Gasteiger partial charge in [0.25, 0.3) is 0 Å². The smallest absolute Gasteiger partial charge is 0.229 e. The lowest BCUT2D eigenvalue weighted by molar-refractivity contribution is -0.115. The van der Waals surface area contributed by atoms with Crippen LogP contribution < -0.4 is 15.1 Å². The van der Waals surface area contributed by atoms with E-state index in [4.69, 9.17) is 0 Å². The average molecular weight is 386 g/mol. The minimum atomic E-state index is -0.0453. The number of benzene rings is 2. The highest BCUT2D eigenvalue weighted by atomic mass is 16.1. The van der Waals surface area contributed by atoms with Crippen LogP contribution >= 0.6 is 0 Å². The molecule has 4 rings (SSSR count). The number of amides is 1. The molecule has 1 aromatic heterocycles. The predicted molar refractivity (Wildman–Crippen MR) is 119 cm³/mol. The molecule has 0 saturated carbocycles. The van der Waals surface area contributed by atoms with Gasteiger partial charge in [0, 0.05) is 31.9 Å². The van der Waals surface area contributed by atoms with Crippen LogP contribution in [-0.2, 0) is 11.2 Å². The van der Waals surface area contributed by atoms with Crippen LogP contribution in [0.3, 0.4) is 0 Å². The van der Waals surface area contributed by atoms with Gasteiger partial charge in [-0.1, -0.05) is 42.5 Å². The molecule has 29 heavy (non-hydrogen) atoms. The summed E-state index contributed by atoms with van der Waals surface area (Å²) in [5.74, 6) is 0.547. The van der Waals surface area contributed by atoms with Crippen molar-refractivity contribution in [2.24, 2.45) is 0 Å². The van der Waals surface area contributed by atoms with Crippen LogP contribution in [0.4, 0.5) is 17.2 Å². The van der Waals surface area contributed by atoms with Crippen molar-refractivity contribution < 1.29 is 4.79 Å². The second kappa shape index (κ2) is 8.78. The molecule has 5 heteroatoms. The Balaban J connectivity index is 1.31. The van der Waals surface area contributed by atoms with E-state index in [2.05, 4.69) is 44.4 Å². The Hall–Kier alpha value is -3.34. The molecule has 1 amide bonds. The maximum Gasteiger partial charge on any atom is 0.229 e. The summed E-state index contributed by atoms with van der Waals surface area (Å²) in [7, 11) is 0. The number of aromatic nitrogens is 1. The van der Waals surface area contributed by atoms with Crippen LogP contribution in [0.1, 0.15) is 11.1 Å². The Bertz CT molecular complexity index is 948. The molecule has 3 aromatic rings. The van der Waals surface area contributed by atoms with Crippen LogP contribution in [-0.4, -0.2) is 37.1 Å². The molecule has 2 heterocycles. The highest BCUT2D eigenvalue weighted by Crippen LogP contribution is 2.21. The van der Waals surface area contributed by atoms with Crippen molar-refractivity contribution >= 4 is 23.1 Å². The molecule has 1 aliphatic heterocycles. The van der Waals surface area contributed by atoms with Crippen molar-refractivity contribution in [1.29, 1.82) is 0 Å². The molecule has 0 spiro atoms. The summed E-state index contributed by atoms with van der Waals surface area (Å²) in [6, 6.07) is 22.4. The van der Waals surface area contributed by atoms with E-state index in [1.165, 1.54) is 5.69 Å². The fourth-order valence-corrected chi connectivity index (χ4v) is 3.68. The molecule has 1 fully saturated rings. The van der Waals surface area contributed by atoms with Gasteiger partial charge in [-0.25, -0.2) is 4.98 Å². The first-order chi connectivity index (χ1) is 14.2. The molecule has 1 N–H and O–H groups in total. The zero-order valence-corrected chi connectivity index (χ0v) is 16.7. The highest BCUT2D eigenvalue weighted by molar-refractivity contribution is 5.91. The summed E-state index contributed by atoms with van der Waals surface area (Å²) in [6.07, 6.45) is 2.21. The third-order valence-electron chi connectivity index (χ3n) is 5.39. The van der Waals surface area contributed by atoms with Gasteiger partial charge in [-0.3, -0.25) is 4.79 Å². The minimum Gasteiger partial charge on any atom is -0.368 e. The molecule has 0 atom stereocenters. The van der Waals surface area contributed by atoms with Gasteiger partial charge in [0.1, 0.15) is 5.82 Å². The normalized spacial score (nSPS) is 14.0. The maximum atomic E-state index is 12.3. The van der Waals surface area contributed by atoms with Crippen molar-refractivity contribution in [2.75, 3.05) is 41.3 Å². The van der Waals surface area contributed by atoms with Gasteiger partial charge in [0.15, 0.2) is 0 Å². The monoisotopic (exact) mass is 386 g/mol. The van der Waals surface area contributed by atoms with Crippen LogP contribution in [0.5, 0.6) is 0 Å². The van der Waals surface area contributed by atoms with Crippen molar-refractivity contribution in [1.82, 2.24) is 4.98 Å². The molecule has 0 aliphatic carbocycles. The summed E-state index contributed by atoms with van der Waals surface area (Å²) in [4.78, 5) is 21.5. The summed E-state index contributed by atoms with van der Waals surface area (Å²) < 4.78 is 0. The fourth-order valence-electron chi connectivity index (χ4n) is 3.68. The molecule has 1 saturated heterocycles. The molecule has 148 valence electrons. The van der Waals surface area contributed by atoms with Gasteiger partial charge >= 0.3 is 0 Å². The lowest BCUT2D eigenvalue weighted by atomic mass is 10.1. The van der Waals surface area contributed by atoms with Crippen LogP contribution in [0.25, 0.3) is 0 Å². The van der Waals surface area contributed by atoms with Gasteiger partial charge < -0.3 is 15.1 Å². The molecular weight excluding hydrogens is 360 g/mol. The van der Waals surface area contributed by atoms with E-state index < -0.39 is 0 Å². The van der Waals surface area contributed by atoms with Gasteiger partial charge in [0.2, 0.25) is 5.91 Å². The number of hydrogen-bond acceptors (Lipinski definition) is 4. The maximum absolute atomic E-state index is 12.3. The van der Waals surface area contributed by atoms with E-state index >= 15 is 0 Å². The minimum absolute atomic E-state index is 0.0453. The SMILES string of the molecule is Cc1ccccc1CC(=O)Nc1ccc(N2CCN(c3ccccc3)CC2)cn1. The zero-order valence-electron chi connectivity index (χ0n) is 16.7. The summed E-state index contributed by atoms with van der Waals surface area (Å²) in [6.45, 7) is 5.90. The van der Waals surface area contributed by atoms with Gasteiger partial charge in [-0.15, -0.1) is 0 Å². The predicted octanol–water partition coefficient (Wildman–Crippen LogP) is 3.90. The van der Waals surface area contributed by atoms with E-state index in [-0.39, 0.29) is 5.91 Å². The molecule has 0 unspecified atom stereocenters. The Morgan fingerprint density at radius 1 is 0.862 bits per heavy atom. The molecule has 0 bridgehead atoms. The number of carbonyl (C=O) groups is 1. The number of para-hydroxylation sites is 1.